The molecule has 16 heavy (non-hydrogen) atoms. The lowest BCUT2D eigenvalue weighted by Crippen LogP contribution is -2.34. The number of fused-ring (bicyclic) bond motifs is 1. The molecule has 5 N–H and O–H groups in total. The van der Waals surface area contributed by atoms with Crippen molar-refractivity contribution < 1.29 is 9.53 Å². The number of hydrazine groups is 1. The van der Waals surface area contributed by atoms with E-state index in [0.29, 0.717) is 16.8 Å². The average Bonchev–Trinajstić information content (AvgIpc) is 2.65. The van der Waals surface area contributed by atoms with Gasteiger partial charge in [-0.1, -0.05) is 0 Å². The summed E-state index contributed by atoms with van der Waals surface area (Å²) in [6, 6.07) is 4.95. The highest BCUT2D eigenvalue weighted by Gasteiger charge is 2.03. The smallest absolute Gasteiger partial charge is 0.323 e. The van der Waals surface area contributed by atoms with Crippen LogP contribution in [0.3, 0.4) is 0 Å². The van der Waals surface area contributed by atoms with Gasteiger partial charge in [-0.3, -0.25) is 10.2 Å². The highest BCUT2D eigenvalue weighted by molar-refractivity contribution is 5.78. The second kappa shape index (κ2) is 4.07. The topological polar surface area (TPSA) is 113 Å². The quantitative estimate of drug-likeness (QED) is 0.310. The molecule has 0 spiro atoms. The van der Waals surface area contributed by atoms with Gasteiger partial charge in [0.05, 0.1) is 11.0 Å². The minimum atomic E-state index is -0.428. The first-order chi connectivity index (χ1) is 7.69. The van der Waals surface area contributed by atoms with Crippen molar-refractivity contribution in [1.29, 1.82) is 0 Å². The maximum absolute atomic E-state index is 11.0. The Balaban J connectivity index is 2.19. The maximum atomic E-state index is 11.0. The SMILES string of the molecule is NNC(=O)COc1ccc2[nH]c(=O)[nH]c2c1. The third kappa shape index (κ3) is 2.04. The lowest BCUT2D eigenvalue weighted by atomic mass is 10.3. The van der Waals surface area contributed by atoms with Gasteiger partial charge in [0.2, 0.25) is 0 Å². The minimum absolute atomic E-state index is 0.170. The van der Waals surface area contributed by atoms with Gasteiger partial charge in [-0.2, -0.15) is 0 Å². The van der Waals surface area contributed by atoms with E-state index < -0.39 is 5.91 Å². The first kappa shape index (κ1) is 10.2. The molecule has 1 heterocycles. The number of rotatable bonds is 3. The Bertz CT molecular complexity index is 571. The molecule has 0 bridgehead atoms. The zero-order valence-electron chi connectivity index (χ0n) is 8.24. The Hall–Kier alpha value is -2.28. The third-order valence-corrected chi connectivity index (χ3v) is 2.02. The van der Waals surface area contributed by atoms with Gasteiger partial charge < -0.3 is 14.7 Å². The predicted molar refractivity (Wildman–Crippen MR) is 56.7 cm³/mol. The highest BCUT2D eigenvalue weighted by Crippen LogP contribution is 2.16. The van der Waals surface area contributed by atoms with Gasteiger partial charge in [-0.15, -0.1) is 0 Å². The summed E-state index contributed by atoms with van der Waals surface area (Å²) < 4.78 is 5.15. The van der Waals surface area contributed by atoms with Crippen LogP contribution < -0.4 is 21.7 Å². The largest absolute Gasteiger partial charge is 0.484 e. The summed E-state index contributed by atoms with van der Waals surface area (Å²) in [6.07, 6.45) is 0. The first-order valence-corrected chi connectivity index (χ1v) is 4.53. The van der Waals surface area contributed by atoms with Crippen LogP contribution in [0.1, 0.15) is 0 Å². The second-order valence-corrected chi connectivity index (χ2v) is 3.14. The first-order valence-electron chi connectivity index (χ1n) is 4.53. The molecule has 0 aliphatic carbocycles. The molecule has 0 aliphatic rings. The fraction of sp³-hybridized carbons (Fsp3) is 0.111. The van der Waals surface area contributed by atoms with Crippen LogP contribution in [0.25, 0.3) is 11.0 Å². The number of nitrogens with two attached hydrogens (primary N) is 1. The number of amides is 1. The minimum Gasteiger partial charge on any atom is -0.484 e. The molecule has 0 atom stereocenters. The average molecular weight is 222 g/mol. The normalized spacial score (nSPS) is 10.3. The number of carbonyl (C=O) groups excluding carboxylic acids is 1. The van der Waals surface area contributed by atoms with Crippen LogP contribution in [0.5, 0.6) is 5.75 Å². The van der Waals surface area contributed by atoms with Crippen molar-refractivity contribution in [3.63, 3.8) is 0 Å². The number of carbonyl (C=O) groups is 1. The van der Waals surface area contributed by atoms with E-state index in [1.807, 2.05) is 5.43 Å². The molecule has 84 valence electrons. The number of aromatic nitrogens is 2. The molecule has 7 heteroatoms. The van der Waals surface area contributed by atoms with Crippen LogP contribution >= 0.6 is 0 Å². The summed E-state index contributed by atoms with van der Waals surface area (Å²) >= 11 is 0. The number of H-pyrrole nitrogens is 2. The Kier molecular flexibility index (Phi) is 2.61. The van der Waals surface area contributed by atoms with Crippen LogP contribution in [0.15, 0.2) is 23.0 Å². The number of hydrogen-bond donors (Lipinski definition) is 4. The molecule has 0 saturated heterocycles. The summed E-state index contributed by atoms with van der Waals surface area (Å²) in [4.78, 5) is 27.0. The van der Waals surface area contributed by atoms with Crippen molar-refractivity contribution in [3.05, 3.63) is 28.7 Å². The zero-order chi connectivity index (χ0) is 11.5. The summed E-state index contributed by atoms with van der Waals surface area (Å²) in [7, 11) is 0. The van der Waals surface area contributed by atoms with Crippen molar-refractivity contribution >= 4 is 16.9 Å². The molecular weight excluding hydrogens is 212 g/mol. The van der Waals surface area contributed by atoms with Crippen molar-refractivity contribution in [2.45, 2.75) is 0 Å². The summed E-state index contributed by atoms with van der Waals surface area (Å²) in [5, 5.41) is 0. The van der Waals surface area contributed by atoms with Gasteiger partial charge in [-0.05, 0) is 12.1 Å². The van der Waals surface area contributed by atoms with Gasteiger partial charge in [-0.25, -0.2) is 10.6 Å². The number of hydrogen-bond acceptors (Lipinski definition) is 4. The van der Waals surface area contributed by atoms with E-state index in [1.165, 1.54) is 0 Å². The predicted octanol–water partition coefficient (Wildman–Crippen LogP) is -0.775. The Morgan fingerprint density at radius 2 is 2.12 bits per heavy atom. The van der Waals surface area contributed by atoms with Crippen LogP contribution in [0.4, 0.5) is 0 Å². The van der Waals surface area contributed by atoms with E-state index in [1.54, 1.807) is 18.2 Å². The molecular formula is C9H10N4O3. The molecule has 2 aromatic rings. The van der Waals surface area contributed by atoms with Crippen LogP contribution in [0.2, 0.25) is 0 Å². The van der Waals surface area contributed by atoms with Gasteiger partial charge >= 0.3 is 5.69 Å². The van der Waals surface area contributed by atoms with Crippen LogP contribution in [0, 0.1) is 0 Å². The number of imidazole rings is 1. The van der Waals surface area contributed by atoms with Crippen LogP contribution in [-0.4, -0.2) is 22.5 Å². The Labute approximate surface area is 89.6 Å². The Morgan fingerprint density at radius 3 is 2.88 bits per heavy atom. The molecule has 7 nitrogen and oxygen atoms in total. The summed E-state index contributed by atoms with van der Waals surface area (Å²) in [6.45, 7) is -0.170. The molecule has 1 aromatic heterocycles. The number of aromatic amines is 2. The molecule has 0 fully saturated rings. The molecule has 0 saturated carbocycles. The lowest BCUT2D eigenvalue weighted by Gasteiger charge is -2.04. The van der Waals surface area contributed by atoms with Gasteiger partial charge in [0.25, 0.3) is 5.91 Å². The molecule has 0 aliphatic heterocycles. The number of ether oxygens (including phenoxy) is 1. The summed E-state index contributed by atoms with van der Waals surface area (Å²) in [5.74, 6) is 4.95. The van der Waals surface area contributed by atoms with E-state index in [2.05, 4.69) is 9.97 Å². The van der Waals surface area contributed by atoms with Gasteiger partial charge in [0.1, 0.15) is 5.75 Å². The van der Waals surface area contributed by atoms with E-state index in [0.717, 1.165) is 0 Å². The molecule has 1 aromatic carbocycles. The van der Waals surface area contributed by atoms with Crippen molar-refractivity contribution in [3.8, 4) is 5.75 Å². The lowest BCUT2D eigenvalue weighted by molar-refractivity contribution is -0.123. The highest BCUT2D eigenvalue weighted by atomic mass is 16.5. The van der Waals surface area contributed by atoms with E-state index in [-0.39, 0.29) is 12.3 Å². The van der Waals surface area contributed by atoms with Crippen molar-refractivity contribution in [2.75, 3.05) is 6.61 Å². The Morgan fingerprint density at radius 1 is 1.38 bits per heavy atom. The standard InChI is InChI=1S/C9H10N4O3/c10-13-8(14)4-16-5-1-2-6-7(3-5)12-9(15)11-6/h1-3H,4,10H2,(H,13,14)(H2,11,12,15). The van der Waals surface area contributed by atoms with Gasteiger partial charge in [0, 0.05) is 6.07 Å². The second-order valence-electron chi connectivity index (χ2n) is 3.14. The fourth-order valence-corrected chi connectivity index (χ4v) is 1.29. The monoisotopic (exact) mass is 222 g/mol. The van der Waals surface area contributed by atoms with E-state index >= 15 is 0 Å². The number of benzene rings is 1. The van der Waals surface area contributed by atoms with Crippen molar-refractivity contribution in [2.24, 2.45) is 5.84 Å². The third-order valence-electron chi connectivity index (χ3n) is 2.02. The van der Waals surface area contributed by atoms with Crippen LogP contribution in [-0.2, 0) is 4.79 Å². The van der Waals surface area contributed by atoms with Gasteiger partial charge in [0.15, 0.2) is 6.61 Å². The summed E-state index contributed by atoms with van der Waals surface area (Å²) in [5.41, 5.74) is 2.97. The zero-order valence-corrected chi connectivity index (χ0v) is 8.24. The fourth-order valence-electron chi connectivity index (χ4n) is 1.29. The molecule has 1 amide bonds. The van der Waals surface area contributed by atoms with E-state index in [9.17, 15) is 9.59 Å². The maximum Gasteiger partial charge on any atom is 0.323 e. The number of nitrogens with one attached hydrogen (secondary N) is 3. The molecule has 0 unspecified atom stereocenters. The van der Waals surface area contributed by atoms with E-state index in [4.69, 9.17) is 10.6 Å². The molecule has 2 rings (SSSR count). The molecule has 0 radical (unpaired) electrons. The van der Waals surface area contributed by atoms with Crippen molar-refractivity contribution in [1.82, 2.24) is 15.4 Å².